The van der Waals surface area contributed by atoms with Crippen LogP contribution in [-0.4, -0.2) is 43.0 Å². The van der Waals surface area contributed by atoms with Gasteiger partial charge in [0.15, 0.2) is 0 Å². The Morgan fingerprint density at radius 1 is 1.21 bits per heavy atom. The first-order valence-electron chi connectivity index (χ1n) is 9.88. The molecular formula is C23H26N2O3. The molecule has 0 aromatic heterocycles. The van der Waals surface area contributed by atoms with E-state index in [1.807, 2.05) is 47.4 Å². The Hall–Kier alpha value is -2.82. The lowest BCUT2D eigenvalue weighted by molar-refractivity contribution is -0.129. The molecule has 0 radical (unpaired) electrons. The van der Waals surface area contributed by atoms with Crippen molar-refractivity contribution in [3.05, 3.63) is 65.7 Å². The predicted molar refractivity (Wildman–Crippen MR) is 107 cm³/mol. The molecule has 0 saturated carbocycles. The van der Waals surface area contributed by atoms with E-state index in [2.05, 4.69) is 17.4 Å². The molecule has 2 saturated heterocycles. The fourth-order valence-corrected chi connectivity index (χ4v) is 4.54. The molecule has 2 aromatic carbocycles. The summed E-state index contributed by atoms with van der Waals surface area (Å²) in [5.74, 6) is 0.887. The van der Waals surface area contributed by atoms with E-state index in [-0.39, 0.29) is 17.9 Å². The van der Waals surface area contributed by atoms with Crippen LogP contribution in [0.1, 0.15) is 30.4 Å². The first-order chi connectivity index (χ1) is 13.6. The summed E-state index contributed by atoms with van der Waals surface area (Å²) in [5.41, 5.74) is 1.40. The standard InChI is InChI=1S/C23H26N2O3/c1-28-20-9-5-8-18(14-20)23(15-19-10-11-21(26)25(19)16-23)22(27)24-13-12-17-6-3-2-4-7-17/h2-9,14,19H,10-13,15-16H2,1H3,(H,24,27)/t19-,23-/m0/s1. The second kappa shape index (κ2) is 7.66. The fraction of sp³-hybridized carbons (Fsp3) is 0.391. The highest BCUT2D eigenvalue weighted by molar-refractivity contribution is 5.91. The summed E-state index contributed by atoms with van der Waals surface area (Å²) >= 11 is 0. The topological polar surface area (TPSA) is 58.6 Å². The van der Waals surface area contributed by atoms with E-state index in [0.29, 0.717) is 25.9 Å². The lowest BCUT2D eigenvalue weighted by Gasteiger charge is -2.29. The number of amides is 2. The molecule has 0 aliphatic carbocycles. The Bertz CT molecular complexity index is 867. The van der Waals surface area contributed by atoms with Crippen molar-refractivity contribution in [2.24, 2.45) is 0 Å². The zero-order chi connectivity index (χ0) is 19.6. The third kappa shape index (κ3) is 3.37. The number of carbonyl (C=O) groups excluding carboxylic acids is 2. The minimum absolute atomic E-state index is 0.00103. The average molecular weight is 378 g/mol. The van der Waals surface area contributed by atoms with Crippen LogP contribution in [0, 0.1) is 0 Å². The molecule has 2 aliphatic heterocycles. The lowest BCUT2D eigenvalue weighted by Crippen LogP contribution is -2.47. The minimum Gasteiger partial charge on any atom is -0.497 e. The molecule has 28 heavy (non-hydrogen) atoms. The summed E-state index contributed by atoms with van der Waals surface area (Å²) < 4.78 is 5.38. The Kier molecular flexibility index (Phi) is 5.07. The van der Waals surface area contributed by atoms with Crippen molar-refractivity contribution in [3.63, 3.8) is 0 Å². The molecule has 0 spiro atoms. The molecular weight excluding hydrogens is 352 g/mol. The minimum atomic E-state index is -0.716. The SMILES string of the molecule is COc1cccc([C@]2(C(=O)NCCc3ccccc3)C[C@@H]3CCC(=O)N3C2)c1. The van der Waals surface area contributed by atoms with Gasteiger partial charge >= 0.3 is 0 Å². The van der Waals surface area contributed by atoms with Crippen LogP contribution in [0.2, 0.25) is 0 Å². The van der Waals surface area contributed by atoms with E-state index in [4.69, 9.17) is 4.74 Å². The average Bonchev–Trinajstić information content (AvgIpc) is 3.28. The van der Waals surface area contributed by atoms with Crippen molar-refractivity contribution in [3.8, 4) is 5.75 Å². The molecule has 146 valence electrons. The second-order valence-corrected chi connectivity index (χ2v) is 7.72. The zero-order valence-electron chi connectivity index (χ0n) is 16.2. The van der Waals surface area contributed by atoms with Gasteiger partial charge in [0.1, 0.15) is 5.75 Å². The van der Waals surface area contributed by atoms with Gasteiger partial charge in [-0.15, -0.1) is 0 Å². The maximum Gasteiger partial charge on any atom is 0.232 e. The third-order valence-corrected chi connectivity index (χ3v) is 6.08. The third-order valence-electron chi connectivity index (χ3n) is 6.08. The first-order valence-corrected chi connectivity index (χ1v) is 9.88. The van der Waals surface area contributed by atoms with Gasteiger partial charge in [-0.05, 0) is 42.5 Å². The molecule has 2 aromatic rings. The van der Waals surface area contributed by atoms with E-state index in [9.17, 15) is 9.59 Å². The number of hydrogen-bond donors (Lipinski definition) is 1. The number of rotatable bonds is 6. The van der Waals surface area contributed by atoms with Crippen molar-refractivity contribution in [1.82, 2.24) is 10.2 Å². The van der Waals surface area contributed by atoms with E-state index in [1.165, 1.54) is 5.56 Å². The van der Waals surface area contributed by atoms with Gasteiger partial charge in [-0.1, -0.05) is 42.5 Å². The highest BCUT2D eigenvalue weighted by Gasteiger charge is 2.53. The number of fused-ring (bicyclic) bond motifs is 1. The number of methoxy groups -OCH3 is 1. The number of ether oxygens (including phenoxy) is 1. The van der Waals surface area contributed by atoms with Crippen LogP contribution in [-0.2, 0) is 21.4 Å². The highest BCUT2D eigenvalue weighted by Crippen LogP contribution is 2.43. The monoisotopic (exact) mass is 378 g/mol. The van der Waals surface area contributed by atoms with E-state index in [1.54, 1.807) is 7.11 Å². The second-order valence-electron chi connectivity index (χ2n) is 7.72. The number of carbonyl (C=O) groups is 2. The number of nitrogens with one attached hydrogen (secondary N) is 1. The van der Waals surface area contributed by atoms with Crippen molar-refractivity contribution < 1.29 is 14.3 Å². The van der Waals surface area contributed by atoms with Crippen LogP contribution >= 0.6 is 0 Å². The fourth-order valence-electron chi connectivity index (χ4n) is 4.54. The largest absolute Gasteiger partial charge is 0.497 e. The first kappa shape index (κ1) is 18.5. The molecule has 5 heteroatoms. The summed E-state index contributed by atoms with van der Waals surface area (Å²) in [6.07, 6.45) is 2.88. The van der Waals surface area contributed by atoms with Crippen LogP contribution in [0.4, 0.5) is 0 Å². The van der Waals surface area contributed by atoms with Gasteiger partial charge in [0.25, 0.3) is 0 Å². The van der Waals surface area contributed by atoms with Crippen LogP contribution < -0.4 is 10.1 Å². The quantitative estimate of drug-likeness (QED) is 0.841. The van der Waals surface area contributed by atoms with Gasteiger partial charge in [0, 0.05) is 25.6 Å². The van der Waals surface area contributed by atoms with E-state index in [0.717, 1.165) is 24.2 Å². The van der Waals surface area contributed by atoms with Gasteiger partial charge in [0.05, 0.1) is 12.5 Å². The van der Waals surface area contributed by atoms with Crippen LogP contribution in [0.5, 0.6) is 5.75 Å². The Morgan fingerprint density at radius 3 is 2.79 bits per heavy atom. The summed E-state index contributed by atoms with van der Waals surface area (Å²) in [6, 6.07) is 18.0. The number of hydrogen-bond acceptors (Lipinski definition) is 3. The molecule has 1 N–H and O–H groups in total. The van der Waals surface area contributed by atoms with E-state index >= 15 is 0 Å². The van der Waals surface area contributed by atoms with Gasteiger partial charge in [-0.25, -0.2) is 0 Å². The van der Waals surface area contributed by atoms with Gasteiger partial charge in [0.2, 0.25) is 11.8 Å². The van der Waals surface area contributed by atoms with Crippen molar-refractivity contribution in [2.75, 3.05) is 20.2 Å². The lowest BCUT2D eigenvalue weighted by atomic mass is 9.76. The zero-order valence-corrected chi connectivity index (χ0v) is 16.2. The summed E-state index contributed by atoms with van der Waals surface area (Å²) in [7, 11) is 1.63. The van der Waals surface area contributed by atoms with Crippen molar-refractivity contribution >= 4 is 11.8 Å². The van der Waals surface area contributed by atoms with Crippen LogP contribution in [0.15, 0.2) is 54.6 Å². The molecule has 2 fully saturated rings. The van der Waals surface area contributed by atoms with Gasteiger partial charge < -0.3 is 15.0 Å². The molecule has 5 nitrogen and oxygen atoms in total. The van der Waals surface area contributed by atoms with Gasteiger partial charge in [-0.3, -0.25) is 9.59 Å². The molecule has 0 unspecified atom stereocenters. The molecule has 2 amide bonds. The Balaban J connectivity index is 1.56. The summed E-state index contributed by atoms with van der Waals surface area (Å²) in [5, 5.41) is 3.14. The molecule has 2 aliphatic rings. The summed E-state index contributed by atoms with van der Waals surface area (Å²) in [6.45, 7) is 1.02. The van der Waals surface area contributed by atoms with Crippen LogP contribution in [0.3, 0.4) is 0 Å². The molecule has 4 rings (SSSR count). The normalized spacial score (nSPS) is 23.5. The van der Waals surface area contributed by atoms with E-state index < -0.39 is 5.41 Å². The Labute approximate surface area is 165 Å². The van der Waals surface area contributed by atoms with Gasteiger partial charge in [-0.2, -0.15) is 0 Å². The number of nitrogens with zero attached hydrogens (tertiary/aromatic N) is 1. The Morgan fingerprint density at radius 2 is 2.04 bits per heavy atom. The molecule has 2 atom stereocenters. The smallest absolute Gasteiger partial charge is 0.232 e. The maximum atomic E-state index is 13.4. The van der Waals surface area contributed by atoms with Crippen LogP contribution in [0.25, 0.3) is 0 Å². The molecule has 0 bridgehead atoms. The van der Waals surface area contributed by atoms with Crippen molar-refractivity contribution in [1.29, 1.82) is 0 Å². The highest BCUT2D eigenvalue weighted by atomic mass is 16.5. The van der Waals surface area contributed by atoms with Crippen molar-refractivity contribution in [2.45, 2.75) is 37.1 Å². The number of benzene rings is 2. The maximum absolute atomic E-state index is 13.4. The summed E-state index contributed by atoms with van der Waals surface area (Å²) in [4.78, 5) is 27.6. The predicted octanol–water partition coefficient (Wildman–Crippen LogP) is 2.69. The molecule has 2 heterocycles.